The number of carbonyl (C=O) groups excluding carboxylic acids is 1. The van der Waals surface area contributed by atoms with Gasteiger partial charge < -0.3 is 5.32 Å². The molecule has 0 aliphatic carbocycles. The largest absolute Gasteiger partial charge is 0.349 e. The number of rotatable bonds is 2. The molecule has 0 aliphatic rings. The van der Waals surface area contributed by atoms with Crippen LogP contribution < -0.4 is 11.0 Å². The minimum atomic E-state index is -0.410. The van der Waals surface area contributed by atoms with Crippen molar-refractivity contribution in [1.82, 2.24) is 19.6 Å². The number of hydrogen-bond donors (Lipinski definition) is 2. The second-order valence-corrected chi connectivity index (χ2v) is 5.26. The number of H-pyrrole nitrogens is 1. The van der Waals surface area contributed by atoms with Crippen LogP contribution in [-0.2, 0) is 0 Å². The van der Waals surface area contributed by atoms with Crippen LogP contribution in [0.3, 0.4) is 0 Å². The van der Waals surface area contributed by atoms with E-state index < -0.39 is 5.69 Å². The molecule has 7 nitrogen and oxygen atoms in total. The van der Waals surface area contributed by atoms with Crippen LogP contribution in [-0.4, -0.2) is 25.5 Å². The third kappa shape index (κ3) is 2.45. The molecule has 1 aromatic carbocycles. The standard InChI is InChI=1S/C13H10BrN5O2/c1-7-9(3-2-4-10(7)14)11(20)16-8-5-15-12-17-18-13(21)19(12)6-8/h2-6H,1H3,(H,16,20)(H,18,21). The summed E-state index contributed by atoms with van der Waals surface area (Å²) in [5.41, 5.74) is 1.39. The first-order valence-electron chi connectivity index (χ1n) is 6.05. The number of benzene rings is 1. The van der Waals surface area contributed by atoms with Crippen molar-refractivity contribution < 1.29 is 4.79 Å². The maximum atomic E-state index is 12.3. The SMILES string of the molecule is Cc1c(Br)cccc1C(=O)Nc1cnc2n[nH]c(=O)n2c1. The highest BCUT2D eigenvalue weighted by Gasteiger charge is 2.12. The van der Waals surface area contributed by atoms with Crippen LogP contribution in [0.4, 0.5) is 5.69 Å². The Balaban J connectivity index is 1.94. The Kier molecular flexibility index (Phi) is 3.30. The van der Waals surface area contributed by atoms with Crippen LogP contribution in [0.15, 0.2) is 39.9 Å². The Labute approximate surface area is 127 Å². The molecule has 3 rings (SSSR count). The van der Waals surface area contributed by atoms with Crippen molar-refractivity contribution in [3.63, 3.8) is 0 Å². The summed E-state index contributed by atoms with van der Waals surface area (Å²) < 4.78 is 2.08. The zero-order valence-electron chi connectivity index (χ0n) is 10.9. The molecule has 2 N–H and O–H groups in total. The van der Waals surface area contributed by atoms with Gasteiger partial charge in [0.25, 0.3) is 11.7 Å². The van der Waals surface area contributed by atoms with Crippen LogP contribution in [0.2, 0.25) is 0 Å². The number of aromatic amines is 1. The lowest BCUT2D eigenvalue weighted by molar-refractivity contribution is 0.102. The topological polar surface area (TPSA) is 92.2 Å². The molecule has 21 heavy (non-hydrogen) atoms. The molecule has 0 bridgehead atoms. The number of nitrogens with zero attached hydrogens (tertiary/aromatic N) is 3. The van der Waals surface area contributed by atoms with Crippen LogP contribution in [0, 0.1) is 6.92 Å². The highest BCUT2D eigenvalue weighted by molar-refractivity contribution is 9.10. The van der Waals surface area contributed by atoms with Gasteiger partial charge in [-0.15, -0.1) is 5.10 Å². The van der Waals surface area contributed by atoms with E-state index in [2.05, 4.69) is 36.4 Å². The summed E-state index contributed by atoms with van der Waals surface area (Å²) in [5.74, 6) is -0.0249. The number of carbonyl (C=O) groups is 1. The molecule has 0 aliphatic heterocycles. The average molecular weight is 348 g/mol. The van der Waals surface area contributed by atoms with Crippen LogP contribution in [0.5, 0.6) is 0 Å². The molecule has 2 heterocycles. The summed E-state index contributed by atoms with van der Waals surface area (Å²) in [6, 6.07) is 5.38. The molecule has 0 saturated heterocycles. The van der Waals surface area contributed by atoms with E-state index in [1.54, 1.807) is 12.1 Å². The molecule has 0 saturated carbocycles. The lowest BCUT2D eigenvalue weighted by Crippen LogP contribution is -2.16. The quantitative estimate of drug-likeness (QED) is 0.738. The van der Waals surface area contributed by atoms with Gasteiger partial charge in [-0.1, -0.05) is 22.0 Å². The summed E-state index contributed by atoms with van der Waals surface area (Å²) >= 11 is 3.39. The predicted octanol–water partition coefficient (Wildman–Crippen LogP) is 1.74. The second-order valence-electron chi connectivity index (χ2n) is 4.41. The maximum Gasteiger partial charge on any atom is 0.349 e. The minimum Gasteiger partial charge on any atom is -0.319 e. The van der Waals surface area contributed by atoms with E-state index in [4.69, 9.17) is 0 Å². The van der Waals surface area contributed by atoms with Gasteiger partial charge in [-0.2, -0.15) is 0 Å². The van der Waals surface area contributed by atoms with Crippen molar-refractivity contribution in [2.75, 3.05) is 5.32 Å². The number of anilines is 1. The Bertz CT molecular complexity index is 899. The number of fused-ring (bicyclic) bond motifs is 1. The molecule has 0 atom stereocenters. The third-order valence-electron chi connectivity index (χ3n) is 3.04. The molecule has 2 aromatic heterocycles. The van der Waals surface area contributed by atoms with Gasteiger partial charge in [-0.3, -0.25) is 4.79 Å². The highest BCUT2D eigenvalue weighted by Crippen LogP contribution is 2.20. The number of halogens is 1. The Morgan fingerprint density at radius 1 is 1.43 bits per heavy atom. The molecular weight excluding hydrogens is 338 g/mol. The van der Waals surface area contributed by atoms with Crippen molar-refractivity contribution in [1.29, 1.82) is 0 Å². The molecule has 0 spiro atoms. The van der Waals surface area contributed by atoms with Crippen LogP contribution >= 0.6 is 15.9 Å². The van der Waals surface area contributed by atoms with E-state index in [9.17, 15) is 9.59 Å². The predicted molar refractivity (Wildman–Crippen MR) is 80.4 cm³/mol. The summed E-state index contributed by atoms with van der Waals surface area (Å²) in [6.45, 7) is 1.85. The van der Waals surface area contributed by atoms with Gasteiger partial charge in [-0.25, -0.2) is 19.3 Å². The molecule has 8 heteroatoms. The van der Waals surface area contributed by atoms with Crippen molar-refractivity contribution >= 4 is 33.3 Å². The molecular formula is C13H10BrN5O2. The summed E-state index contributed by atoms with van der Waals surface area (Å²) in [5, 5.41) is 8.71. The van der Waals surface area contributed by atoms with E-state index in [1.807, 2.05) is 13.0 Å². The smallest absolute Gasteiger partial charge is 0.319 e. The Morgan fingerprint density at radius 3 is 3.05 bits per heavy atom. The van der Waals surface area contributed by atoms with Crippen LogP contribution in [0.1, 0.15) is 15.9 Å². The Hall–Kier alpha value is -2.48. The van der Waals surface area contributed by atoms with Crippen molar-refractivity contribution in [2.45, 2.75) is 6.92 Å². The normalized spacial score (nSPS) is 10.8. The molecule has 0 radical (unpaired) electrons. The number of hydrogen-bond acceptors (Lipinski definition) is 4. The zero-order chi connectivity index (χ0) is 15.0. The number of amides is 1. The fourth-order valence-corrected chi connectivity index (χ4v) is 2.29. The van der Waals surface area contributed by atoms with Gasteiger partial charge in [0.1, 0.15) is 0 Å². The average Bonchev–Trinajstić information content (AvgIpc) is 2.83. The molecule has 3 aromatic rings. The van der Waals surface area contributed by atoms with Gasteiger partial charge >= 0.3 is 5.69 Å². The van der Waals surface area contributed by atoms with Gasteiger partial charge in [0.05, 0.1) is 11.9 Å². The van der Waals surface area contributed by atoms with Crippen molar-refractivity contribution in [3.8, 4) is 0 Å². The second kappa shape index (κ2) is 5.13. The van der Waals surface area contributed by atoms with E-state index in [0.717, 1.165) is 10.0 Å². The lowest BCUT2D eigenvalue weighted by Gasteiger charge is -2.08. The maximum absolute atomic E-state index is 12.3. The number of nitrogens with one attached hydrogen (secondary N) is 2. The summed E-state index contributed by atoms with van der Waals surface area (Å²) in [4.78, 5) is 27.7. The highest BCUT2D eigenvalue weighted by atomic mass is 79.9. The zero-order valence-corrected chi connectivity index (χ0v) is 12.5. The van der Waals surface area contributed by atoms with Crippen molar-refractivity contribution in [2.24, 2.45) is 0 Å². The summed E-state index contributed by atoms with van der Waals surface area (Å²) in [6.07, 6.45) is 2.92. The van der Waals surface area contributed by atoms with Gasteiger partial charge in [0, 0.05) is 16.2 Å². The summed E-state index contributed by atoms with van der Waals surface area (Å²) in [7, 11) is 0. The first-order chi connectivity index (χ1) is 10.1. The Morgan fingerprint density at radius 2 is 2.24 bits per heavy atom. The minimum absolute atomic E-state index is 0.247. The van der Waals surface area contributed by atoms with E-state index >= 15 is 0 Å². The first kappa shape index (κ1) is 13.5. The monoisotopic (exact) mass is 347 g/mol. The van der Waals surface area contributed by atoms with E-state index in [1.165, 1.54) is 16.8 Å². The fourth-order valence-electron chi connectivity index (χ4n) is 1.92. The van der Waals surface area contributed by atoms with E-state index in [0.29, 0.717) is 11.3 Å². The first-order valence-corrected chi connectivity index (χ1v) is 6.85. The fraction of sp³-hybridized carbons (Fsp3) is 0.0769. The van der Waals surface area contributed by atoms with Crippen molar-refractivity contribution in [3.05, 3.63) is 56.7 Å². The van der Waals surface area contributed by atoms with E-state index in [-0.39, 0.29) is 11.7 Å². The molecule has 0 unspecified atom stereocenters. The molecule has 1 amide bonds. The van der Waals surface area contributed by atoms with Gasteiger partial charge in [-0.05, 0) is 24.6 Å². The van der Waals surface area contributed by atoms with Crippen LogP contribution in [0.25, 0.3) is 5.78 Å². The third-order valence-corrected chi connectivity index (χ3v) is 3.90. The van der Waals surface area contributed by atoms with Gasteiger partial charge in [0.2, 0.25) is 0 Å². The molecule has 0 fully saturated rings. The van der Waals surface area contributed by atoms with Gasteiger partial charge in [0.15, 0.2) is 0 Å². The lowest BCUT2D eigenvalue weighted by atomic mass is 10.1. The number of aromatic nitrogens is 4. The molecule has 106 valence electrons.